The van der Waals surface area contributed by atoms with E-state index in [1.165, 1.54) is 15.8 Å². The van der Waals surface area contributed by atoms with E-state index in [1.807, 2.05) is 30.3 Å². The van der Waals surface area contributed by atoms with Gasteiger partial charge >= 0.3 is 0 Å². The van der Waals surface area contributed by atoms with E-state index in [-0.39, 0.29) is 0 Å². The zero-order chi connectivity index (χ0) is 20.8. The number of hydrogen-bond donors (Lipinski definition) is 0. The van der Waals surface area contributed by atoms with E-state index in [2.05, 4.69) is 76.7 Å². The number of nitrogens with zero attached hydrogens (tertiary/aromatic N) is 2. The van der Waals surface area contributed by atoms with Crippen LogP contribution in [-0.2, 0) is 0 Å². The predicted molar refractivity (Wildman–Crippen MR) is 127 cm³/mol. The number of hydrogen-bond acceptors (Lipinski definition) is 2. The first kappa shape index (κ1) is 16.1. The summed E-state index contributed by atoms with van der Waals surface area (Å²) < 4.78 is 11.5. The van der Waals surface area contributed by atoms with Crippen molar-refractivity contribution in [2.24, 2.45) is 0 Å². The lowest BCUT2D eigenvalue weighted by molar-refractivity contribution is 1.11. The van der Waals surface area contributed by atoms with Crippen molar-refractivity contribution in [1.82, 2.24) is 9.55 Å². The number of para-hydroxylation sites is 2. The van der Waals surface area contributed by atoms with Crippen LogP contribution in [-0.4, -0.2) is 9.55 Å². The van der Waals surface area contributed by atoms with Gasteiger partial charge in [-0.3, -0.25) is 4.57 Å². The molecule has 30 heavy (non-hydrogen) atoms. The van der Waals surface area contributed by atoms with Gasteiger partial charge < -0.3 is 0 Å². The Hall–Kier alpha value is -3.69. The van der Waals surface area contributed by atoms with Crippen molar-refractivity contribution in [3.8, 4) is 28.2 Å². The number of rotatable bonds is 3. The Morgan fingerprint density at radius 1 is 0.733 bits per heavy atom. The average molecular weight is 404 g/mol. The summed E-state index contributed by atoms with van der Waals surface area (Å²) in [7, 11) is 0. The molecule has 0 amide bonds. The molecule has 3 heteroatoms. The van der Waals surface area contributed by atoms with E-state index in [1.54, 1.807) is 11.3 Å². The van der Waals surface area contributed by atoms with Crippen LogP contribution in [0.2, 0.25) is 0 Å². The summed E-state index contributed by atoms with van der Waals surface area (Å²) in [4.78, 5) is 5.00. The molecule has 4 aromatic carbocycles. The van der Waals surface area contributed by atoms with Gasteiger partial charge in [0.25, 0.3) is 0 Å². The second-order valence-electron chi connectivity index (χ2n) is 7.24. The summed E-state index contributed by atoms with van der Waals surface area (Å²) in [6.45, 7) is 0. The molecular formula is C27H18N2S. The molecule has 0 fully saturated rings. The third-order valence-corrected chi connectivity index (χ3v) is 6.42. The maximum absolute atomic E-state index is 8.08. The van der Waals surface area contributed by atoms with Crippen molar-refractivity contribution in [2.75, 3.05) is 0 Å². The molecule has 0 atom stereocenters. The summed E-state index contributed by atoms with van der Waals surface area (Å²) in [5, 5.41) is 3.23. The standard InChI is InChI=1S/C27H18N2S/c1-2-8-19(9-3-1)20-14-16-21(17-15-20)29-25-12-6-5-11-24(25)28-27(29)23-18-30-26-13-7-4-10-22(23)26/h1-18H/i4D. The molecule has 2 nitrogen and oxygen atoms in total. The van der Waals surface area contributed by atoms with Crippen LogP contribution in [0, 0.1) is 0 Å². The number of thiophene rings is 1. The third-order valence-electron chi connectivity index (χ3n) is 5.45. The maximum atomic E-state index is 8.08. The lowest BCUT2D eigenvalue weighted by Crippen LogP contribution is -1.97. The average Bonchev–Trinajstić information content (AvgIpc) is 3.40. The number of imidazole rings is 1. The topological polar surface area (TPSA) is 17.8 Å². The van der Waals surface area contributed by atoms with Crippen LogP contribution < -0.4 is 0 Å². The van der Waals surface area contributed by atoms with Gasteiger partial charge in [0.2, 0.25) is 0 Å². The second kappa shape index (κ2) is 6.97. The highest BCUT2D eigenvalue weighted by atomic mass is 32.1. The molecule has 0 N–H and O–H groups in total. The summed E-state index contributed by atoms with van der Waals surface area (Å²) in [6, 6.07) is 33.6. The van der Waals surface area contributed by atoms with Crippen molar-refractivity contribution < 1.29 is 1.37 Å². The Morgan fingerprint density at radius 2 is 1.50 bits per heavy atom. The minimum atomic E-state index is 0.516. The Kier molecular flexibility index (Phi) is 3.75. The molecule has 6 rings (SSSR count). The van der Waals surface area contributed by atoms with E-state index in [0.29, 0.717) is 6.04 Å². The molecule has 2 heterocycles. The molecule has 0 unspecified atom stereocenters. The molecule has 142 valence electrons. The van der Waals surface area contributed by atoms with E-state index in [0.717, 1.165) is 33.5 Å². The van der Waals surface area contributed by atoms with Gasteiger partial charge in [0.1, 0.15) is 5.82 Å². The van der Waals surface area contributed by atoms with Gasteiger partial charge in [-0.05, 0) is 41.5 Å². The van der Waals surface area contributed by atoms with Crippen molar-refractivity contribution >= 4 is 32.5 Å². The van der Waals surface area contributed by atoms with Crippen LogP contribution >= 0.6 is 11.3 Å². The second-order valence-corrected chi connectivity index (χ2v) is 8.16. The Balaban J connectivity index is 1.57. The lowest BCUT2D eigenvalue weighted by Gasteiger charge is -2.10. The molecule has 6 aromatic rings. The largest absolute Gasteiger partial charge is 0.292 e. The van der Waals surface area contributed by atoms with Gasteiger partial charge in [-0.25, -0.2) is 4.98 Å². The molecule has 0 saturated heterocycles. The van der Waals surface area contributed by atoms with E-state index in [4.69, 9.17) is 6.35 Å². The van der Waals surface area contributed by atoms with Gasteiger partial charge in [0.05, 0.1) is 12.4 Å². The van der Waals surface area contributed by atoms with E-state index >= 15 is 0 Å². The minimum Gasteiger partial charge on any atom is -0.292 e. The molecular weight excluding hydrogens is 384 g/mol. The molecule has 0 aliphatic heterocycles. The van der Waals surface area contributed by atoms with Crippen molar-refractivity contribution in [3.63, 3.8) is 0 Å². The predicted octanol–water partition coefficient (Wildman–Crippen LogP) is 7.57. The number of aromatic nitrogens is 2. The van der Waals surface area contributed by atoms with Crippen LogP contribution in [0.15, 0.2) is 108 Å². The van der Waals surface area contributed by atoms with Gasteiger partial charge in [0.15, 0.2) is 0 Å². The van der Waals surface area contributed by atoms with E-state index in [9.17, 15) is 0 Å². The molecule has 2 aromatic heterocycles. The lowest BCUT2D eigenvalue weighted by atomic mass is 10.1. The van der Waals surface area contributed by atoms with Crippen LogP contribution in [0.25, 0.3) is 49.3 Å². The normalized spacial score (nSPS) is 11.8. The molecule has 0 spiro atoms. The van der Waals surface area contributed by atoms with E-state index < -0.39 is 0 Å². The number of fused-ring (bicyclic) bond motifs is 2. The Morgan fingerprint density at radius 3 is 2.37 bits per heavy atom. The molecule has 0 saturated carbocycles. The summed E-state index contributed by atoms with van der Waals surface area (Å²) in [5.74, 6) is 0.908. The first-order valence-electron chi connectivity index (χ1n) is 10.4. The highest BCUT2D eigenvalue weighted by Crippen LogP contribution is 2.36. The first-order chi connectivity index (χ1) is 15.3. The quantitative estimate of drug-likeness (QED) is 0.298. The minimum absolute atomic E-state index is 0.516. The molecule has 0 aliphatic carbocycles. The van der Waals surface area contributed by atoms with Crippen LogP contribution in [0.5, 0.6) is 0 Å². The number of benzene rings is 4. The zero-order valence-electron chi connectivity index (χ0n) is 17.1. The summed E-state index contributed by atoms with van der Waals surface area (Å²) in [5.41, 5.74) is 6.58. The van der Waals surface area contributed by atoms with Crippen molar-refractivity contribution in [3.05, 3.63) is 108 Å². The summed E-state index contributed by atoms with van der Waals surface area (Å²) >= 11 is 1.69. The first-order valence-corrected chi connectivity index (χ1v) is 10.8. The Labute approximate surface area is 180 Å². The Bertz CT molecular complexity index is 1530. The highest BCUT2D eigenvalue weighted by molar-refractivity contribution is 7.17. The smallest absolute Gasteiger partial charge is 0.147 e. The van der Waals surface area contributed by atoms with Crippen molar-refractivity contribution in [1.29, 1.82) is 0 Å². The molecule has 0 radical (unpaired) electrons. The van der Waals surface area contributed by atoms with Gasteiger partial charge in [-0.1, -0.05) is 72.8 Å². The van der Waals surface area contributed by atoms with Gasteiger partial charge in [-0.15, -0.1) is 11.3 Å². The summed E-state index contributed by atoms with van der Waals surface area (Å²) in [6.07, 6.45) is 0. The zero-order valence-corrected chi connectivity index (χ0v) is 16.9. The monoisotopic (exact) mass is 403 g/mol. The molecule has 0 aliphatic rings. The van der Waals surface area contributed by atoms with Gasteiger partial charge in [0, 0.05) is 26.7 Å². The fourth-order valence-corrected chi connectivity index (χ4v) is 4.91. The highest BCUT2D eigenvalue weighted by Gasteiger charge is 2.17. The fourth-order valence-electron chi connectivity index (χ4n) is 3.99. The SMILES string of the molecule is [2H]c1ccc2scc(-c3nc4ccccc4n3-c3ccc(-c4ccccc4)cc3)c2c1. The van der Waals surface area contributed by atoms with Crippen LogP contribution in [0.1, 0.15) is 1.37 Å². The third kappa shape index (κ3) is 2.75. The molecule has 0 bridgehead atoms. The van der Waals surface area contributed by atoms with Crippen molar-refractivity contribution in [2.45, 2.75) is 0 Å². The fraction of sp³-hybridized carbons (Fsp3) is 0. The maximum Gasteiger partial charge on any atom is 0.147 e. The van der Waals surface area contributed by atoms with Crippen LogP contribution in [0.3, 0.4) is 0 Å². The van der Waals surface area contributed by atoms with Crippen LogP contribution in [0.4, 0.5) is 0 Å². The van der Waals surface area contributed by atoms with Gasteiger partial charge in [-0.2, -0.15) is 0 Å².